The van der Waals surface area contributed by atoms with Crippen LogP contribution in [0.4, 0.5) is 0 Å². The summed E-state index contributed by atoms with van der Waals surface area (Å²) in [6, 6.07) is 20.2. The van der Waals surface area contributed by atoms with E-state index in [2.05, 4.69) is 39.6 Å². The summed E-state index contributed by atoms with van der Waals surface area (Å²) in [6.07, 6.45) is 1.48. The molecule has 3 rings (SSSR count). The summed E-state index contributed by atoms with van der Waals surface area (Å²) in [5.41, 5.74) is 2.31. The van der Waals surface area contributed by atoms with Crippen LogP contribution < -0.4 is 10.6 Å². The minimum absolute atomic E-state index is 0. The predicted octanol–water partition coefficient (Wildman–Crippen LogP) is 3.82. The first kappa shape index (κ1) is 26.1. The molecule has 32 heavy (non-hydrogen) atoms. The molecule has 0 aliphatic carbocycles. The van der Waals surface area contributed by atoms with Gasteiger partial charge < -0.3 is 20.3 Å². The van der Waals surface area contributed by atoms with E-state index in [1.165, 1.54) is 5.56 Å². The first-order valence-corrected chi connectivity index (χ1v) is 11.2. The molecule has 0 radical (unpaired) electrons. The number of amides is 1. The van der Waals surface area contributed by atoms with Gasteiger partial charge in [0, 0.05) is 38.5 Å². The van der Waals surface area contributed by atoms with Gasteiger partial charge in [-0.05, 0) is 24.5 Å². The minimum atomic E-state index is 0. The Morgan fingerprint density at radius 2 is 1.75 bits per heavy atom. The lowest BCUT2D eigenvalue weighted by Crippen LogP contribution is -2.40. The number of ether oxygens (including phenoxy) is 1. The van der Waals surface area contributed by atoms with Gasteiger partial charge in [-0.25, -0.2) is 0 Å². The van der Waals surface area contributed by atoms with E-state index in [0.717, 1.165) is 44.2 Å². The molecule has 0 spiro atoms. The summed E-state index contributed by atoms with van der Waals surface area (Å²) >= 11 is 0. The second-order valence-electron chi connectivity index (χ2n) is 7.85. The molecule has 174 valence electrons. The van der Waals surface area contributed by atoms with Crippen molar-refractivity contribution in [3.8, 4) is 0 Å². The van der Waals surface area contributed by atoms with Crippen LogP contribution in [0.5, 0.6) is 0 Å². The van der Waals surface area contributed by atoms with Crippen LogP contribution >= 0.6 is 24.0 Å². The average Bonchev–Trinajstić information content (AvgIpc) is 3.27. The molecule has 0 saturated carbocycles. The van der Waals surface area contributed by atoms with E-state index in [0.29, 0.717) is 32.0 Å². The second-order valence-corrected chi connectivity index (χ2v) is 7.85. The van der Waals surface area contributed by atoms with Crippen molar-refractivity contribution in [2.75, 3.05) is 32.8 Å². The van der Waals surface area contributed by atoms with Crippen LogP contribution in [0, 0.1) is 5.92 Å². The zero-order chi connectivity index (χ0) is 21.7. The highest BCUT2D eigenvalue weighted by Crippen LogP contribution is 2.17. The Bertz CT molecular complexity index is 817. The van der Waals surface area contributed by atoms with Crippen molar-refractivity contribution in [1.82, 2.24) is 15.5 Å². The predicted molar refractivity (Wildman–Crippen MR) is 140 cm³/mol. The fourth-order valence-electron chi connectivity index (χ4n) is 3.65. The first-order valence-electron chi connectivity index (χ1n) is 11.2. The Kier molecular flexibility index (Phi) is 12.1. The zero-order valence-electron chi connectivity index (χ0n) is 18.8. The number of likely N-dealkylation sites (tertiary alicyclic amines) is 1. The third kappa shape index (κ3) is 9.16. The number of carbonyl (C=O) groups is 1. The summed E-state index contributed by atoms with van der Waals surface area (Å²) < 4.78 is 5.93. The summed E-state index contributed by atoms with van der Waals surface area (Å²) in [4.78, 5) is 19.1. The maximum Gasteiger partial charge on any atom is 0.222 e. The average molecular weight is 550 g/mol. The van der Waals surface area contributed by atoms with Gasteiger partial charge >= 0.3 is 0 Å². The van der Waals surface area contributed by atoms with Gasteiger partial charge in [0.2, 0.25) is 5.91 Å². The van der Waals surface area contributed by atoms with Gasteiger partial charge in [-0.15, -0.1) is 24.0 Å². The maximum atomic E-state index is 12.1. The lowest BCUT2D eigenvalue weighted by Gasteiger charge is -2.21. The molecule has 2 aromatic carbocycles. The SMILES string of the molecule is CCNC(=NCCC(=O)NCc1ccccc1)N1CCC(COCc2ccccc2)C1.I. The summed E-state index contributed by atoms with van der Waals surface area (Å²) in [5, 5.41) is 6.32. The van der Waals surface area contributed by atoms with Crippen LogP contribution in [0.2, 0.25) is 0 Å². The van der Waals surface area contributed by atoms with Crippen LogP contribution in [0.25, 0.3) is 0 Å². The summed E-state index contributed by atoms with van der Waals surface area (Å²) in [5.74, 6) is 1.42. The zero-order valence-corrected chi connectivity index (χ0v) is 21.2. The normalized spacial score (nSPS) is 15.8. The Morgan fingerprint density at radius 3 is 2.44 bits per heavy atom. The summed E-state index contributed by atoms with van der Waals surface area (Å²) in [7, 11) is 0. The summed E-state index contributed by atoms with van der Waals surface area (Å²) in [6.45, 7) is 7.22. The van der Waals surface area contributed by atoms with Crippen LogP contribution in [0.3, 0.4) is 0 Å². The van der Waals surface area contributed by atoms with E-state index in [1.54, 1.807) is 0 Å². The number of hydrogen-bond acceptors (Lipinski definition) is 3. The molecule has 1 unspecified atom stereocenters. The fraction of sp³-hybridized carbons (Fsp3) is 0.440. The number of nitrogens with one attached hydrogen (secondary N) is 2. The third-order valence-corrected chi connectivity index (χ3v) is 5.32. The molecule has 1 fully saturated rings. The topological polar surface area (TPSA) is 66.0 Å². The van der Waals surface area contributed by atoms with Crippen molar-refractivity contribution in [2.24, 2.45) is 10.9 Å². The van der Waals surface area contributed by atoms with Gasteiger partial charge in [-0.1, -0.05) is 60.7 Å². The van der Waals surface area contributed by atoms with E-state index in [-0.39, 0.29) is 29.9 Å². The van der Waals surface area contributed by atoms with Gasteiger partial charge in [0.05, 0.1) is 19.8 Å². The van der Waals surface area contributed by atoms with Crippen molar-refractivity contribution in [3.05, 3.63) is 71.8 Å². The lowest BCUT2D eigenvalue weighted by atomic mass is 10.1. The van der Waals surface area contributed by atoms with Crippen LogP contribution in [0.1, 0.15) is 30.9 Å². The molecule has 1 heterocycles. The van der Waals surface area contributed by atoms with Gasteiger partial charge in [0.1, 0.15) is 0 Å². The van der Waals surface area contributed by atoms with E-state index >= 15 is 0 Å². The Labute approximate surface area is 208 Å². The molecule has 7 heteroatoms. The second kappa shape index (κ2) is 14.8. The van der Waals surface area contributed by atoms with Gasteiger partial charge in [-0.2, -0.15) is 0 Å². The monoisotopic (exact) mass is 550 g/mol. The number of carbonyl (C=O) groups excluding carboxylic acids is 1. The lowest BCUT2D eigenvalue weighted by molar-refractivity contribution is -0.121. The minimum Gasteiger partial charge on any atom is -0.376 e. The number of guanidine groups is 1. The van der Waals surface area contributed by atoms with Crippen molar-refractivity contribution in [1.29, 1.82) is 0 Å². The molecule has 1 aliphatic heterocycles. The molecule has 1 aliphatic rings. The molecule has 2 N–H and O–H groups in total. The highest BCUT2D eigenvalue weighted by molar-refractivity contribution is 14.0. The van der Waals surface area contributed by atoms with Crippen molar-refractivity contribution in [2.45, 2.75) is 32.9 Å². The number of halogens is 1. The van der Waals surface area contributed by atoms with Crippen molar-refractivity contribution >= 4 is 35.8 Å². The first-order chi connectivity index (χ1) is 15.2. The smallest absolute Gasteiger partial charge is 0.222 e. The van der Waals surface area contributed by atoms with Gasteiger partial charge in [-0.3, -0.25) is 9.79 Å². The number of rotatable bonds is 10. The fourth-order valence-corrected chi connectivity index (χ4v) is 3.65. The largest absolute Gasteiger partial charge is 0.376 e. The van der Waals surface area contributed by atoms with E-state index in [4.69, 9.17) is 4.74 Å². The Balaban J connectivity index is 0.00000363. The molecule has 6 nitrogen and oxygen atoms in total. The Hall–Kier alpha value is -2.13. The van der Waals surface area contributed by atoms with Crippen LogP contribution in [-0.4, -0.2) is 49.6 Å². The van der Waals surface area contributed by atoms with E-state index < -0.39 is 0 Å². The van der Waals surface area contributed by atoms with Gasteiger partial charge in [0.15, 0.2) is 5.96 Å². The third-order valence-electron chi connectivity index (χ3n) is 5.32. The molecule has 1 amide bonds. The highest BCUT2D eigenvalue weighted by atomic mass is 127. The molecule has 1 saturated heterocycles. The number of benzene rings is 2. The van der Waals surface area contributed by atoms with Crippen molar-refractivity contribution in [3.63, 3.8) is 0 Å². The molecular weight excluding hydrogens is 515 g/mol. The van der Waals surface area contributed by atoms with Gasteiger partial charge in [0.25, 0.3) is 0 Å². The molecule has 2 aromatic rings. The van der Waals surface area contributed by atoms with Crippen molar-refractivity contribution < 1.29 is 9.53 Å². The quantitative estimate of drug-likeness (QED) is 0.268. The number of aliphatic imine (C=N–C) groups is 1. The standard InChI is InChI=1S/C25H34N4O2.HI/c1-2-26-25(27-15-13-24(30)28-17-21-9-5-3-6-10-21)29-16-14-23(18-29)20-31-19-22-11-7-4-8-12-22;/h3-12,23H,2,13-20H2,1H3,(H,26,27)(H,28,30);1H. The van der Waals surface area contributed by atoms with E-state index in [9.17, 15) is 4.79 Å². The number of nitrogens with zero attached hydrogens (tertiary/aromatic N) is 2. The van der Waals surface area contributed by atoms with Crippen LogP contribution in [0.15, 0.2) is 65.7 Å². The molecule has 0 aromatic heterocycles. The maximum absolute atomic E-state index is 12.1. The molecule has 0 bridgehead atoms. The van der Waals surface area contributed by atoms with Crippen LogP contribution in [-0.2, 0) is 22.7 Å². The Morgan fingerprint density at radius 1 is 1.06 bits per heavy atom. The molecular formula is C25H35IN4O2. The number of hydrogen-bond donors (Lipinski definition) is 2. The molecule has 1 atom stereocenters. The highest BCUT2D eigenvalue weighted by Gasteiger charge is 2.25. The van der Waals surface area contributed by atoms with E-state index in [1.807, 2.05) is 48.5 Å².